The molecule has 0 bridgehead atoms. The lowest BCUT2D eigenvalue weighted by Crippen LogP contribution is -2.44. The Labute approximate surface area is 67.4 Å². The number of nitrogens with one attached hydrogen (secondary N) is 1. The molecule has 2 nitrogen and oxygen atoms in total. The van der Waals surface area contributed by atoms with Crippen LogP contribution in [0.3, 0.4) is 0 Å². The molecule has 1 saturated heterocycles. The molecule has 1 aliphatic carbocycles. The maximum Gasteiger partial charge on any atom is 0.136 e. The van der Waals surface area contributed by atoms with Gasteiger partial charge in [0, 0.05) is 12.3 Å². The van der Waals surface area contributed by atoms with Crippen molar-refractivity contribution in [3.05, 3.63) is 0 Å². The van der Waals surface area contributed by atoms with Gasteiger partial charge < -0.3 is 5.32 Å². The molecule has 0 aromatic heterocycles. The van der Waals surface area contributed by atoms with Gasteiger partial charge in [0.2, 0.25) is 0 Å². The van der Waals surface area contributed by atoms with Gasteiger partial charge in [0.15, 0.2) is 0 Å². The first kappa shape index (κ1) is 7.29. The maximum atomic E-state index is 11.4. The van der Waals surface area contributed by atoms with E-state index in [-0.39, 0.29) is 0 Å². The van der Waals surface area contributed by atoms with E-state index in [0.717, 1.165) is 19.5 Å². The summed E-state index contributed by atoms with van der Waals surface area (Å²) in [6.45, 7) is 2.14. The van der Waals surface area contributed by atoms with Crippen LogP contribution in [0, 0.1) is 11.8 Å². The highest BCUT2D eigenvalue weighted by Crippen LogP contribution is 2.29. The van der Waals surface area contributed by atoms with E-state index in [2.05, 4.69) is 5.32 Å². The molecule has 0 radical (unpaired) electrons. The number of ketones is 1. The fourth-order valence-electron chi connectivity index (χ4n) is 1.67. The van der Waals surface area contributed by atoms with Crippen LogP contribution in [0.15, 0.2) is 0 Å². The lowest BCUT2D eigenvalue weighted by Gasteiger charge is -2.30. The number of hydrogen-bond acceptors (Lipinski definition) is 2. The Morgan fingerprint density at radius 1 is 1.36 bits per heavy atom. The van der Waals surface area contributed by atoms with Crippen LogP contribution in [-0.2, 0) is 4.79 Å². The predicted molar refractivity (Wildman–Crippen MR) is 43.3 cm³/mol. The second-order valence-corrected chi connectivity index (χ2v) is 3.82. The Balaban J connectivity index is 1.71. The average molecular weight is 153 g/mol. The van der Waals surface area contributed by atoms with E-state index in [1.807, 2.05) is 0 Å². The zero-order valence-electron chi connectivity index (χ0n) is 6.81. The Bertz CT molecular complexity index is 159. The van der Waals surface area contributed by atoms with Gasteiger partial charge in [-0.2, -0.15) is 0 Å². The molecular formula is C9H15NO. The Kier molecular flexibility index (Phi) is 1.95. The van der Waals surface area contributed by atoms with Crippen molar-refractivity contribution in [2.24, 2.45) is 11.8 Å². The number of rotatable bonds is 3. The third-order valence-corrected chi connectivity index (χ3v) is 2.92. The van der Waals surface area contributed by atoms with Crippen LogP contribution in [0.1, 0.15) is 25.7 Å². The van der Waals surface area contributed by atoms with E-state index in [1.54, 1.807) is 0 Å². The summed E-state index contributed by atoms with van der Waals surface area (Å²) >= 11 is 0. The number of Topliss-reactive ketones (excluding diaryl/α,β-unsaturated/α-hetero) is 1. The smallest absolute Gasteiger partial charge is 0.136 e. The van der Waals surface area contributed by atoms with E-state index >= 15 is 0 Å². The van der Waals surface area contributed by atoms with Crippen molar-refractivity contribution in [2.45, 2.75) is 25.7 Å². The second kappa shape index (κ2) is 2.94. The molecule has 1 N–H and O–H groups in total. The minimum atomic E-state index is 0.454. The van der Waals surface area contributed by atoms with Crippen LogP contribution in [0.4, 0.5) is 0 Å². The molecule has 0 atom stereocenters. The molecule has 2 aliphatic rings. The molecule has 1 heterocycles. The summed E-state index contributed by atoms with van der Waals surface area (Å²) in [6, 6.07) is 0. The number of carbonyl (C=O) groups is 1. The molecule has 11 heavy (non-hydrogen) atoms. The first-order valence-electron chi connectivity index (χ1n) is 4.59. The van der Waals surface area contributed by atoms with Crippen molar-refractivity contribution in [3.63, 3.8) is 0 Å². The van der Waals surface area contributed by atoms with Gasteiger partial charge in [-0.3, -0.25) is 4.79 Å². The van der Waals surface area contributed by atoms with Crippen LogP contribution in [0.25, 0.3) is 0 Å². The van der Waals surface area contributed by atoms with E-state index in [4.69, 9.17) is 0 Å². The summed E-state index contributed by atoms with van der Waals surface area (Å²) in [5.41, 5.74) is 0. The van der Waals surface area contributed by atoms with Crippen molar-refractivity contribution in [2.75, 3.05) is 13.1 Å². The van der Waals surface area contributed by atoms with Crippen molar-refractivity contribution in [1.82, 2.24) is 5.32 Å². The van der Waals surface area contributed by atoms with E-state index in [1.165, 1.54) is 19.3 Å². The van der Waals surface area contributed by atoms with Gasteiger partial charge in [0.1, 0.15) is 5.78 Å². The Morgan fingerprint density at radius 2 is 2.09 bits per heavy atom. The Morgan fingerprint density at radius 3 is 2.45 bits per heavy atom. The van der Waals surface area contributed by atoms with Crippen LogP contribution < -0.4 is 5.32 Å². The first-order chi connectivity index (χ1) is 5.36. The molecule has 1 saturated carbocycles. The van der Waals surface area contributed by atoms with Gasteiger partial charge in [-0.25, -0.2) is 0 Å². The maximum absolute atomic E-state index is 11.4. The largest absolute Gasteiger partial charge is 0.316 e. The predicted octanol–water partition coefficient (Wildman–Crippen LogP) is 0.965. The van der Waals surface area contributed by atoms with Crippen LogP contribution in [0.5, 0.6) is 0 Å². The van der Waals surface area contributed by atoms with Crippen LogP contribution in [0.2, 0.25) is 0 Å². The summed E-state index contributed by atoms with van der Waals surface area (Å²) in [5.74, 6) is 1.65. The van der Waals surface area contributed by atoms with Crippen molar-refractivity contribution in [3.8, 4) is 0 Å². The van der Waals surface area contributed by atoms with Gasteiger partial charge in [-0.05, 0) is 31.8 Å². The fourth-order valence-corrected chi connectivity index (χ4v) is 1.67. The standard InChI is InChI=1S/C9H15NO/c11-9(8-2-1-3-8)4-7-5-10-6-7/h7-8,10H,1-6H2. The molecule has 0 unspecified atom stereocenters. The third-order valence-electron chi connectivity index (χ3n) is 2.92. The normalized spacial score (nSPS) is 25.8. The SMILES string of the molecule is O=C(CC1CNC1)C1CCC1. The average Bonchev–Trinajstić information content (AvgIpc) is 1.74. The Hall–Kier alpha value is -0.370. The zero-order valence-corrected chi connectivity index (χ0v) is 6.81. The molecule has 2 heteroatoms. The van der Waals surface area contributed by atoms with E-state index < -0.39 is 0 Å². The molecule has 0 amide bonds. The van der Waals surface area contributed by atoms with Gasteiger partial charge in [-0.1, -0.05) is 6.42 Å². The zero-order chi connectivity index (χ0) is 7.68. The molecule has 1 aliphatic heterocycles. The van der Waals surface area contributed by atoms with Gasteiger partial charge in [0.05, 0.1) is 0 Å². The van der Waals surface area contributed by atoms with Crippen molar-refractivity contribution in [1.29, 1.82) is 0 Å². The number of carbonyl (C=O) groups excluding carboxylic acids is 1. The molecule has 0 aromatic rings. The molecule has 0 spiro atoms. The summed E-state index contributed by atoms with van der Waals surface area (Å²) < 4.78 is 0. The number of hydrogen-bond donors (Lipinski definition) is 1. The highest BCUT2D eigenvalue weighted by Gasteiger charge is 2.28. The monoisotopic (exact) mass is 153 g/mol. The van der Waals surface area contributed by atoms with Gasteiger partial charge in [-0.15, -0.1) is 0 Å². The minimum absolute atomic E-state index is 0.454. The lowest BCUT2D eigenvalue weighted by atomic mass is 9.78. The first-order valence-corrected chi connectivity index (χ1v) is 4.59. The molecular weight excluding hydrogens is 138 g/mol. The molecule has 0 aromatic carbocycles. The third kappa shape index (κ3) is 1.45. The topological polar surface area (TPSA) is 29.1 Å². The molecule has 62 valence electrons. The van der Waals surface area contributed by atoms with Gasteiger partial charge >= 0.3 is 0 Å². The fraction of sp³-hybridized carbons (Fsp3) is 0.889. The summed E-state index contributed by atoms with van der Waals surface area (Å²) in [5, 5.41) is 3.19. The second-order valence-electron chi connectivity index (χ2n) is 3.82. The lowest BCUT2D eigenvalue weighted by molar-refractivity contribution is -0.126. The quantitative estimate of drug-likeness (QED) is 0.654. The minimum Gasteiger partial charge on any atom is -0.316 e. The van der Waals surface area contributed by atoms with E-state index in [0.29, 0.717) is 17.6 Å². The highest BCUT2D eigenvalue weighted by molar-refractivity contribution is 5.82. The summed E-state index contributed by atoms with van der Waals surface area (Å²) in [4.78, 5) is 11.4. The highest BCUT2D eigenvalue weighted by atomic mass is 16.1. The molecule has 2 rings (SSSR count). The summed E-state index contributed by atoms with van der Waals surface area (Å²) in [7, 11) is 0. The van der Waals surface area contributed by atoms with Crippen LogP contribution in [-0.4, -0.2) is 18.9 Å². The molecule has 2 fully saturated rings. The summed E-state index contributed by atoms with van der Waals surface area (Å²) in [6.07, 6.45) is 4.45. The van der Waals surface area contributed by atoms with Crippen molar-refractivity contribution < 1.29 is 4.79 Å². The van der Waals surface area contributed by atoms with Crippen LogP contribution >= 0.6 is 0 Å². The van der Waals surface area contributed by atoms with Gasteiger partial charge in [0.25, 0.3) is 0 Å². The van der Waals surface area contributed by atoms with Crippen molar-refractivity contribution >= 4 is 5.78 Å². The van der Waals surface area contributed by atoms with E-state index in [9.17, 15) is 4.79 Å².